The maximum atomic E-state index is 10.9. The Kier molecular flexibility index (Phi) is 5.63. The van der Waals surface area contributed by atoms with E-state index in [0.29, 0.717) is 25.0 Å². The highest BCUT2D eigenvalue weighted by molar-refractivity contribution is 5.66. The molecule has 104 valence electrons. The first-order chi connectivity index (χ1) is 8.41. The van der Waals surface area contributed by atoms with Gasteiger partial charge in [0.05, 0.1) is 13.2 Å². The fourth-order valence-electron chi connectivity index (χ4n) is 2.80. The third-order valence-corrected chi connectivity index (χ3v) is 4.05. The van der Waals surface area contributed by atoms with Crippen molar-refractivity contribution in [2.45, 2.75) is 40.5 Å². The molecule has 1 aliphatic carbocycles. The van der Waals surface area contributed by atoms with Crippen molar-refractivity contribution in [3.63, 3.8) is 0 Å². The third-order valence-electron chi connectivity index (χ3n) is 4.05. The van der Waals surface area contributed by atoms with Gasteiger partial charge in [-0.25, -0.2) is 0 Å². The molecule has 0 spiro atoms. The van der Waals surface area contributed by atoms with Crippen molar-refractivity contribution in [1.82, 2.24) is 0 Å². The summed E-state index contributed by atoms with van der Waals surface area (Å²) < 4.78 is 10.3. The minimum atomic E-state index is -0.244. The van der Waals surface area contributed by atoms with Crippen LogP contribution in [0.15, 0.2) is 0 Å². The lowest BCUT2D eigenvalue weighted by Gasteiger charge is -2.39. The lowest BCUT2D eigenvalue weighted by Crippen LogP contribution is -2.38. The molecule has 0 N–H and O–H groups in total. The van der Waals surface area contributed by atoms with Gasteiger partial charge in [-0.15, -0.1) is 0 Å². The predicted molar refractivity (Wildman–Crippen MR) is 67.8 cm³/mol. The monoisotopic (exact) mass is 256 g/mol. The summed E-state index contributed by atoms with van der Waals surface area (Å²) in [4.78, 5) is 21.9. The maximum Gasteiger partial charge on any atom is 0.302 e. The molecule has 0 radical (unpaired) electrons. The van der Waals surface area contributed by atoms with Gasteiger partial charge in [-0.1, -0.05) is 26.7 Å². The molecule has 1 rings (SSSR count). The molecule has 0 bridgehead atoms. The highest BCUT2D eigenvalue weighted by atomic mass is 16.5. The molecular formula is C14H24O4. The summed E-state index contributed by atoms with van der Waals surface area (Å²) in [5.41, 5.74) is 0. The van der Waals surface area contributed by atoms with Crippen LogP contribution in [0.4, 0.5) is 0 Å². The lowest BCUT2D eigenvalue weighted by molar-refractivity contribution is -0.150. The average molecular weight is 256 g/mol. The lowest BCUT2D eigenvalue weighted by atomic mass is 9.68. The van der Waals surface area contributed by atoms with Gasteiger partial charge in [0.1, 0.15) is 0 Å². The van der Waals surface area contributed by atoms with Crippen LogP contribution in [0.3, 0.4) is 0 Å². The van der Waals surface area contributed by atoms with Crippen molar-refractivity contribution < 1.29 is 19.1 Å². The van der Waals surface area contributed by atoms with Crippen LogP contribution in [-0.2, 0) is 19.1 Å². The minimum Gasteiger partial charge on any atom is -0.466 e. The highest BCUT2D eigenvalue weighted by Gasteiger charge is 2.36. The summed E-state index contributed by atoms with van der Waals surface area (Å²) in [5.74, 6) is 1.09. The number of carbonyl (C=O) groups is 2. The normalized spacial score (nSPS) is 31.8. The summed E-state index contributed by atoms with van der Waals surface area (Å²) in [6.07, 6.45) is 2.29. The quantitative estimate of drug-likeness (QED) is 0.725. The molecule has 0 aromatic rings. The number of hydrogen-bond acceptors (Lipinski definition) is 4. The van der Waals surface area contributed by atoms with E-state index in [4.69, 9.17) is 9.47 Å². The third kappa shape index (κ3) is 4.31. The van der Waals surface area contributed by atoms with Crippen LogP contribution in [0.5, 0.6) is 0 Å². The first-order valence-corrected chi connectivity index (χ1v) is 6.68. The molecule has 0 aliphatic heterocycles. The Balaban J connectivity index is 2.63. The smallest absolute Gasteiger partial charge is 0.302 e. The van der Waals surface area contributed by atoms with E-state index in [1.165, 1.54) is 13.8 Å². The largest absolute Gasteiger partial charge is 0.466 e. The molecule has 1 saturated carbocycles. The molecule has 18 heavy (non-hydrogen) atoms. The highest BCUT2D eigenvalue weighted by Crippen LogP contribution is 2.39. The van der Waals surface area contributed by atoms with Crippen LogP contribution in [0.1, 0.15) is 40.5 Å². The zero-order valence-electron chi connectivity index (χ0n) is 11.8. The molecule has 4 atom stereocenters. The van der Waals surface area contributed by atoms with Gasteiger partial charge in [0.15, 0.2) is 0 Å². The molecule has 0 amide bonds. The fourth-order valence-corrected chi connectivity index (χ4v) is 2.80. The first-order valence-electron chi connectivity index (χ1n) is 6.68. The molecular weight excluding hydrogens is 232 g/mol. The second-order valence-electron chi connectivity index (χ2n) is 5.46. The van der Waals surface area contributed by atoms with Crippen molar-refractivity contribution in [3.8, 4) is 0 Å². The van der Waals surface area contributed by atoms with Crippen molar-refractivity contribution in [3.05, 3.63) is 0 Å². The van der Waals surface area contributed by atoms with Gasteiger partial charge in [0.25, 0.3) is 0 Å². The molecule has 4 nitrogen and oxygen atoms in total. The van der Waals surface area contributed by atoms with E-state index >= 15 is 0 Å². The van der Waals surface area contributed by atoms with E-state index < -0.39 is 0 Å². The van der Waals surface area contributed by atoms with Crippen molar-refractivity contribution in [2.24, 2.45) is 23.7 Å². The maximum absolute atomic E-state index is 10.9. The molecule has 1 aliphatic rings. The number of esters is 2. The molecule has 0 saturated heterocycles. The van der Waals surface area contributed by atoms with Gasteiger partial charge >= 0.3 is 11.9 Å². The van der Waals surface area contributed by atoms with Gasteiger partial charge in [0, 0.05) is 25.7 Å². The second kappa shape index (κ2) is 6.76. The number of carbonyl (C=O) groups excluding carboxylic acids is 2. The fraction of sp³-hybridized carbons (Fsp3) is 0.857. The van der Waals surface area contributed by atoms with E-state index in [0.717, 1.165) is 12.8 Å². The van der Waals surface area contributed by atoms with Gasteiger partial charge in [0.2, 0.25) is 0 Å². The molecule has 0 unspecified atom stereocenters. The van der Waals surface area contributed by atoms with Crippen LogP contribution >= 0.6 is 0 Å². The van der Waals surface area contributed by atoms with E-state index in [-0.39, 0.29) is 23.8 Å². The number of ether oxygens (including phenoxy) is 2. The topological polar surface area (TPSA) is 52.6 Å². The summed E-state index contributed by atoms with van der Waals surface area (Å²) in [5, 5.41) is 0. The van der Waals surface area contributed by atoms with Gasteiger partial charge in [-0.05, 0) is 11.8 Å². The molecule has 0 heterocycles. The molecule has 1 fully saturated rings. The Labute approximate surface area is 109 Å². The summed E-state index contributed by atoms with van der Waals surface area (Å²) in [6.45, 7) is 8.09. The van der Waals surface area contributed by atoms with Gasteiger partial charge < -0.3 is 9.47 Å². The van der Waals surface area contributed by atoms with E-state index in [9.17, 15) is 9.59 Å². The number of hydrogen-bond donors (Lipinski definition) is 0. The van der Waals surface area contributed by atoms with Crippen LogP contribution in [0, 0.1) is 23.7 Å². The Bertz CT molecular complexity index is 270. The Morgan fingerprint density at radius 3 is 1.50 bits per heavy atom. The Morgan fingerprint density at radius 2 is 1.22 bits per heavy atom. The standard InChI is InChI=1S/C14H24O4/c1-9-5-6-10(2)14(8-18-12(4)16)13(9)7-17-11(3)15/h9-10,13-14H,5-8H2,1-4H3/t9-,10-,13-,14+/m1/s1. The average Bonchev–Trinajstić information content (AvgIpc) is 2.28. The van der Waals surface area contributed by atoms with Crippen molar-refractivity contribution >= 4 is 11.9 Å². The predicted octanol–water partition coefficient (Wildman–Crippen LogP) is 2.41. The van der Waals surface area contributed by atoms with E-state index in [1.807, 2.05) is 0 Å². The first kappa shape index (κ1) is 15.0. The van der Waals surface area contributed by atoms with Crippen molar-refractivity contribution in [2.75, 3.05) is 13.2 Å². The van der Waals surface area contributed by atoms with Crippen molar-refractivity contribution in [1.29, 1.82) is 0 Å². The zero-order valence-corrected chi connectivity index (χ0v) is 11.8. The Morgan fingerprint density at radius 1 is 0.889 bits per heavy atom. The molecule has 0 aromatic heterocycles. The summed E-state index contributed by atoms with van der Waals surface area (Å²) in [6, 6.07) is 0. The summed E-state index contributed by atoms with van der Waals surface area (Å²) in [7, 11) is 0. The zero-order chi connectivity index (χ0) is 13.7. The van der Waals surface area contributed by atoms with Gasteiger partial charge in [-0.2, -0.15) is 0 Å². The molecule has 4 heteroatoms. The Hall–Kier alpha value is -1.06. The van der Waals surface area contributed by atoms with Crippen LogP contribution in [0.2, 0.25) is 0 Å². The molecule has 0 aromatic carbocycles. The minimum absolute atomic E-state index is 0.244. The summed E-state index contributed by atoms with van der Waals surface area (Å²) >= 11 is 0. The van der Waals surface area contributed by atoms with E-state index in [2.05, 4.69) is 13.8 Å². The van der Waals surface area contributed by atoms with Crippen LogP contribution in [-0.4, -0.2) is 25.2 Å². The van der Waals surface area contributed by atoms with Crippen LogP contribution < -0.4 is 0 Å². The number of rotatable bonds is 4. The van der Waals surface area contributed by atoms with Gasteiger partial charge in [-0.3, -0.25) is 9.59 Å². The SMILES string of the molecule is CC(=O)OC[C@@H]1[C@H](COC(C)=O)[C@H](C)CC[C@H]1C. The van der Waals surface area contributed by atoms with E-state index in [1.54, 1.807) is 0 Å². The second-order valence-corrected chi connectivity index (χ2v) is 5.46. The van der Waals surface area contributed by atoms with Crippen LogP contribution in [0.25, 0.3) is 0 Å².